The summed E-state index contributed by atoms with van der Waals surface area (Å²) < 4.78 is 14.3. The van der Waals surface area contributed by atoms with Gasteiger partial charge in [0.2, 0.25) is 5.95 Å². The lowest BCUT2D eigenvalue weighted by molar-refractivity contribution is 0.623. The van der Waals surface area contributed by atoms with Gasteiger partial charge in [-0.3, -0.25) is 9.78 Å². The van der Waals surface area contributed by atoms with Crippen molar-refractivity contribution < 1.29 is 4.39 Å². The van der Waals surface area contributed by atoms with Crippen LogP contribution in [0, 0.1) is 5.82 Å². The Morgan fingerprint density at radius 2 is 2.05 bits per heavy atom. The monoisotopic (exact) mass is 260 g/mol. The van der Waals surface area contributed by atoms with Crippen LogP contribution in [-0.4, -0.2) is 25.0 Å². The molecule has 3 rings (SSSR count). The summed E-state index contributed by atoms with van der Waals surface area (Å²) in [6.07, 6.45) is 0. The van der Waals surface area contributed by atoms with E-state index in [-0.39, 0.29) is 17.3 Å². The zero-order valence-electron chi connectivity index (χ0n) is 9.67. The van der Waals surface area contributed by atoms with Crippen LogP contribution >= 0.6 is 0 Å². The molecule has 0 saturated heterocycles. The molecule has 0 atom stereocenters. The van der Waals surface area contributed by atoms with E-state index >= 15 is 0 Å². The van der Waals surface area contributed by atoms with E-state index in [0.29, 0.717) is 12.2 Å². The Morgan fingerprint density at radius 1 is 1.32 bits per heavy atom. The molecule has 3 N–H and O–H groups in total. The van der Waals surface area contributed by atoms with Crippen LogP contribution in [0.1, 0.15) is 5.56 Å². The highest BCUT2D eigenvalue weighted by atomic mass is 19.1. The lowest BCUT2D eigenvalue weighted by Gasteiger charge is -2.02. The average Bonchev–Trinajstić information content (AvgIpc) is 2.76. The Balaban J connectivity index is 2.06. The third-order valence-electron chi connectivity index (χ3n) is 2.64. The molecule has 3 aromatic rings. The number of hydrogen-bond acceptors (Lipinski definition) is 5. The number of nitrogen functional groups attached to an aromatic ring is 1. The van der Waals surface area contributed by atoms with Gasteiger partial charge in [0.05, 0.1) is 6.54 Å². The number of nitrogens with zero attached hydrogens (tertiary/aromatic N) is 4. The fraction of sp³-hybridized carbons (Fsp3) is 0.0909. The van der Waals surface area contributed by atoms with Crippen molar-refractivity contribution in [2.24, 2.45) is 0 Å². The molecule has 0 fully saturated rings. The molecule has 0 amide bonds. The molecule has 2 heterocycles. The van der Waals surface area contributed by atoms with Gasteiger partial charge in [-0.2, -0.15) is 4.98 Å². The van der Waals surface area contributed by atoms with Crippen LogP contribution in [0.5, 0.6) is 0 Å². The van der Waals surface area contributed by atoms with E-state index in [2.05, 4.69) is 20.3 Å². The lowest BCUT2D eigenvalue weighted by Crippen LogP contribution is -2.12. The van der Waals surface area contributed by atoms with Crippen molar-refractivity contribution in [1.29, 1.82) is 0 Å². The maximum atomic E-state index is 12.8. The normalized spacial score (nSPS) is 11.0. The number of hydrogen-bond donors (Lipinski definition) is 2. The van der Waals surface area contributed by atoms with Crippen LogP contribution in [0.4, 0.5) is 10.3 Å². The second-order valence-electron chi connectivity index (χ2n) is 4.00. The molecule has 0 bridgehead atoms. The minimum atomic E-state index is -0.437. The van der Waals surface area contributed by atoms with Crippen molar-refractivity contribution in [3.05, 3.63) is 46.0 Å². The zero-order valence-corrected chi connectivity index (χ0v) is 9.67. The minimum absolute atomic E-state index is 0.000145. The molecule has 2 aromatic heterocycles. The number of halogens is 1. The number of benzene rings is 1. The van der Waals surface area contributed by atoms with Gasteiger partial charge in [0.1, 0.15) is 5.82 Å². The first-order valence-corrected chi connectivity index (χ1v) is 5.47. The highest BCUT2D eigenvalue weighted by molar-refractivity contribution is 5.69. The summed E-state index contributed by atoms with van der Waals surface area (Å²) >= 11 is 0. The van der Waals surface area contributed by atoms with Gasteiger partial charge in [-0.05, 0) is 17.7 Å². The summed E-state index contributed by atoms with van der Waals surface area (Å²) in [7, 11) is 0. The van der Waals surface area contributed by atoms with Crippen LogP contribution < -0.4 is 11.3 Å². The molecule has 8 heteroatoms. The summed E-state index contributed by atoms with van der Waals surface area (Å²) in [4.78, 5) is 17.9. The molecule has 0 radical (unpaired) electrons. The number of nitrogens with one attached hydrogen (secondary N) is 1. The summed E-state index contributed by atoms with van der Waals surface area (Å²) in [6, 6.07) is 5.95. The standard InChI is InChI=1S/C11H9FN6O/c12-7-3-1-6(2-4-7)5-18-9-8(16-17-18)10(19)15-11(13)14-9/h1-4H,5H2,(H3,13,14,15,19). The van der Waals surface area contributed by atoms with Crippen molar-refractivity contribution in [2.45, 2.75) is 6.54 Å². The summed E-state index contributed by atoms with van der Waals surface area (Å²) in [5.74, 6) is -0.314. The van der Waals surface area contributed by atoms with E-state index in [1.54, 1.807) is 12.1 Å². The number of aromatic amines is 1. The molecule has 0 unspecified atom stereocenters. The van der Waals surface area contributed by atoms with Crippen LogP contribution in [0.25, 0.3) is 11.2 Å². The topological polar surface area (TPSA) is 102 Å². The average molecular weight is 260 g/mol. The number of aromatic nitrogens is 5. The third kappa shape index (κ3) is 2.03. The second-order valence-corrected chi connectivity index (χ2v) is 4.00. The van der Waals surface area contributed by atoms with Crippen molar-refractivity contribution in [1.82, 2.24) is 25.0 Å². The molecule has 0 saturated carbocycles. The number of rotatable bonds is 2. The predicted octanol–water partition coefficient (Wildman–Crippen LogP) is 0.284. The Kier molecular flexibility index (Phi) is 2.48. The van der Waals surface area contributed by atoms with Gasteiger partial charge in [0, 0.05) is 0 Å². The largest absolute Gasteiger partial charge is 0.369 e. The maximum absolute atomic E-state index is 12.8. The first kappa shape index (κ1) is 11.3. The lowest BCUT2D eigenvalue weighted by atomic mass is 10.2. The predicted molar refractivity (Wildman–Crippen MR) is 65.9 cm³/mol. The van der Waals surface area contributed by atoms with E-state index in [9.17, 15) is 9.18 Å². The number of fused-ring (bicyclic) bond motifs is 1. The van der Waals surface area contributed by atoms with Crippen molar-refractivity contribution in [2.75, 3.05) is 5.73 Å². The molecular weight excluding hydrogens is 251 g/mol. The van der Waals surface area contributed by atoms with Gasteiger partial charge in [-0.1, -0.05) is 17.3 Å². The molecule has 0 spiro atoms. The van der Waals surface area contributed by atoms with Crippen molar-refractivity contribution in [3.63, 3.8) is 0 Å². The molecular formula is C11H9FN6O. The molecule has 0 aliphatic carbocycles. The smallest absolute Gasteiger partial charge is 0.282 e. The molecule has 1 aromatic carbocycles. The summed E-state index contributed by atoms with van der Waals surface area (Å²) in [6.45, 7) is 0.326. The zero-order chi connectivity index (χ0) is 13.4. The van der Waals surface area contributed by atoms with Gasteiger partial charge in [-0.15, -0.1) is 5.10 Å². The molecule has 0 aliphatic heterocycles. The Morgan fingerprint density at radius 3 is 2.79 bits per heavy atom. The highest BCUT2D eigenvalue weighted by Crippen LogP contribution is 2.09. The fourth-order valence-electron chi connectivity index (χ4n) is 1.75. The highest BCUT2D eigenvalue weighted by Gasteiger charge is 2.11. The Bertz CT molecular complexity index is 791. The van der Waals surface area contributed by atoms with Crippen LogP contribution in [0.15, 0.2) is 29.1 Å². The van der Waals surface area contributed by atoms with Crippen LogP contribution in [0.2, 0.25) is 0 Å². The quantitative estimate of drug-likeness (QED) is 0.689. The molecule has 0 aliphatic rings. The molecule has 7 nitrogen and oxygen atoms in total. The van der Waals surface area contributed by atoms with Gasteiger partial charge in [0.15, 0.2) is 11.2 Å². The van der Waals surface area contributed by atoms with E-state index in [4.69, 9.17) is 5.73 Å². The maximum Gasteiger partial charge on any atom is 0.282 e. The molecule has 19 heavy (non-hydrogen) atoms. The van der Waals surface area contributed by atoms with E-state index in [0.717, 1.165) is 5.56 Å². The summed E-state index contributed by atoms with van der Waals surface area (Å²) in [5.41, 5.74) is 6.28. The summed E-state index contributed by atoms with van der Waals surface area (Å²) in [5, 5.41) is 7.60. The Hall–Kier alpha value is -2.77. The van der Waals surface area contributed by atoms with Crippen molar-refractivity contribution in [3.8, 4) is 0 Å². The van der Waals surface area contributed by atoms with E-state index < -0.39 is 5.56 Å². The van der Waals surface area contributed by atoms with E-state index in [1.165, 1.54) is 16.8 Å². The second kappa shape index (κ2) is 4.16. The minimum Gasteiger partial charge on any atom is -0.369 e. The number of H-pyrrole nitrogens is 1. The van der Waals surface area contributed by atoms with E-state index in [1.807, 2.05) is 0 Å². The van der Waals surface area contributed by atoms with Crippen LogP contribution in [-0.2, 0) is 6.54 Å². The van der Waals surface area contributed by atoms with Gasteiger partial charge < -0.3 is 5.73 Å². The SMILES string of the molecule is Nc1nc2c(nnn2Cc2ccc(F)cc2)c(=O)[nH]1. The van der Waals surface area contributed by atoms with Gasteiger partial charge >= 0.3 is 0 Å². The van der Waals surface area contributed by atoms with Gasteiger partial charge in [0.25, 0.3) is 5.56 Å². The van der Waals surface area contributed by atoms with Gasteiger partial charge in [-0.25, -0.2) is 9.07 Å². The molecule has 96 valence electrons. The number of anilines is 1. The first-order chi connectivity index (χ1) is 9.13. The third-order valence-corrected chi connectivity index (χ3v) is 2.64. The van der Waals surface area contributed by atoms with Crippen LogP contribution in [0.3, 0.4) is 0 Å². The van der Waals surface area contributed by atoms with Crippen molar-refractivity contribution >= 4 is 17.1 Å². The first-order valence-electron chi connectivity index (χ1n) is 5.47. The number of nitrogens with two attached hydrogens (primary N) is 1. The Labute approximate surface area is 105 Å². The fourth-order valence-corrected chi connectivity index (χ4v) is 1.75.